The number of carboxylic acid groups (broad SMARTS) is 1. The zero-order chi connectivity index (χ0) is 22.1. The molecule has 0 unspecified atom stereocenters. The molecule has 2 amide bonds. The predicted molar refractivity (Wildman–Crippen MR) is 122 cm³/mol. The number of thiophene rings is 1. The van der Waals surface area contributed by atoms with Crippen LogP contribution < -0.4 is 5.32 Å². The molecule has 0 bridgehead atoms. The first-order chi connectivity index (χ1) is 14.9. The lowest BCUT2D eigenvalue weighted by atomic mass is 9.76. The fourth-order valence-corrected chi connectivity index (χ4v) is 6.45. The quantitative estimate of drug-likeness (QED) is 0.663. The number of carbonyl (C=O) groups excluding carboxylic acids is 2. The van der Waals surface area contributed by atoms with Gasteiger partial charge in [0.15, 0.2) is 0 Å². The molecule has 2 aliphatic carbocycles. The molecule has 1 saturated heterocycles. The summed E-state index contributed by atoms with van der Waals surface area (Å²) in [5.74, 6) is -2.51. The maximum absolute atomic E-state index is 13.5. The first kappa shape index (κ1) is 22.1. The molecule has 4 rings (SSSR count). The Morgan fingerprint density at radius 1 is 0.935 bits per heavy atom. The van der Waals surface area contributed by atoms with Gasteiger partial charge in [0.1, 0.15) is 5.00 Å². The Kier molecular flexibility index (Phi) is 6.51. The van der Waals surface area contributed by atoms with Crippen molar-refractivity contribution in [3.8, 4) is 0 Å². The van der Waals surface area contributed by atoms with E-state index >= 15 is 0 Å². The second-order valence-corrected chi connectivity index (χ2v) is 10.4. The average Bonchev–Trinajstić information content (AvgIpc) is 3.12. The molecule has 0 spiro atoms. The van der Waals surface area contributed by atoms with Crippen molar-refractivity contribution in [2.24, 2.45) is 11.8 Å². The molecule has 1 aromatic heterocycles. The molecule has 1 aromatic rings. The second kappa shape index (κ2) is 9.15. The minimum atomic E-state index is -0.929. The largest absolute Gasteiger partial charge is 0.481 e. The number of aryl methyl sites for hydroxylation is 1. The van der Waals surface area contributed by atoms with Crippen molar-refractivity contribution in [3.63, 3.8) is 0 Å². The van der Waals surface area contributed by atoms with Gasteiger partial charge in [-0.3, -0.25) is 14.4 Å². The number of amides is 2. The number of hydrogen-bond donors (Lipinski definition) is 2. The van der Waals surface area contributed by atoms with Gasteiger partial charge in [0.2, 0.25) is 5.91 Å². The van der Waals surface area contributed by atoms with Crippen LogP contribution in [0.5, 0.6) is 0 Å². The second-order valence-electron chi connectivity index (χ2n) is 9.28. The number of carboxylic acids is 1. The Morgan fingerprint density at radius 3 is 2.26 bits per heavy atom. The molecule has 2 atom stereocenters. The van der Waals surface area contributed by atoms with Crippen LogP contribution in [-0.2, 0) is 22.4 Å². The average molecular weight is 445 g/mol. The number of fused-ring (bicyclic) bond motifs is 1. The molecule has 6 nitrogen and oxygen atoms in total. The zero-order valence-corrected chi connectivity index (χ0v) is 19.3. The number of hydrogen-bond acceptors (Lipinski definition) is 4. The zero-order valence-electron chi connectivity index (χ0n) is 18.5. The molecule has 0 radical (unpaired) electrons. The van der Waals surface area contributed by atoms with Crippen molar-refractivity contribution in [1.82, 2.24) is 4.90 Å². The smallest absolute Gasteiger partial charge is 0.307 e. The molecule has 168 valence electrons. The van der Waals surface area contributed by atoms with Gasteiger partial charge in [-0.2, -0.15) is 0 Å². The molecular weight excluding hydrogens is 412 g/mol. The Bertz CT molecular complexity index is 926. The van der Waals surface area contributed by atoms with Crippen molar-refractivity contribution in [3.05, 3.63) is 27.2 Å². The highest BCUT2D eigenvalue weighted by Crippen LogP contribution is 2.41. The number of anilines is 1. The summed E-state index contributed by atoms with van der Waals surface area (Å²) in [5.41, 5.74) is 3.92. The van der Waals surface area contributed by atoms with Crippen LogP contribution in [0.3, 0.4) is 0 Å². The predicted octanol–water partition coefficient (Wildman–Crippen LogP) is 4.64. The highest BCUT2D eigenvalue weighted by molar-refractivity contribution is 7.17. The van der Waals surface area contributed by atoms with Crippen LogP contribution in [0, 0.1) is 11.8 Å². The lowest BCUT2D eigenvalue weighted by Gasteiger charge is -2.30. The summed E-state index contributed by atoms with van der Waals surface area (Å²) in [7, 11) is 0. The molecule has 0 saturated carbocycles. The van der Waals surface area contributed by atoms with Gasteiger partial charge in [0.25, 0.3) is 5.91 Å². The lowest BCUT2D eigenvalue weighted by Crippen LogP contribution is -2.38. The van der Waals surface area contributed by atoms with E-state index in [1.165, 1.54) is 16.2 Å². The molecule has 2 N–H and O–H groups in total. The van der Waals surface area contributed by atoms with E-state index in [9.17, 15) is 19.5 Å². The minimum Gasteiger partial charge on any atom is -0.481 e. The van der Waals surface area contributed by atoms with Crippen molar-refractivity contribution < 1.29 is 19.5 Å². The SMILES string of the molecule is CC1=C(C)C[C@@H](C(=O)Nc2sc3c(c2C(=O)N2CCCCC2)CCCC3)[C@H](C(=O)O)C1. The Hall–Kier alpha value is -2.15. The Morgan fingerprint density at radius 2 is 1.58 bits per heavy atom. The van der Waals surface area contributed by atoms with E-state index in [-0.39, 0.29) is 11.8 Å². The maximum Gasteiger partial charge on any atom is 0.307 e. The summed E-state index contributed by atoms with van der Waals surface area (Å²) < 4.78 is 0. The van der Waals surface area contributed by atoms with Crippen LogP contribution in [0.15, 0.2) is 11.1 Å². The Balaban J connectivity index is 1.63. The van der Waals surface area contributed by atoms with Gasteiger partial charge in [-0.1, -0.05) is 11.1 Å². The third kappa shape index (κ3) is 4.43. The summed E-state index contributed by atoms with van der Waals surface area (Å²) in [4.78, 5) is 41.7. The third-order valence-electron chi connectivity index (χ3n) is 7.19. The van der Waals surface area contributed by atoms with E-state index in [1.807, 2.05) is 18.7 Å². The maximum atomic E-state index is 13.5. The molecule has 7 heteroatoms. The molecule has 0 aromatic carbocycles. The van der Waals surface area contributed by atoms with Crippen molar-refractivity contribution in [2.75, 3.05) is 18.4 Å². The highest BCUT2D eigenvalue weighted by Gasteiger charge is 2.38. The topological polar surface area (TPSA) is 86.7 Å². The van der Waals surface area contributed by atoms with Crippen LogP contribution >= 0.6 is 11.3 Å². The fourth-order valence-electron chi connectivity index (χ4n) is 5.17. The van der Waals surface area contributed by atoms with Gasteiger partial charge in [0.05, 0.1) is 17.4 Å². The van der Waals surface area contributed by atoms with E-state index in [4.69, 9.17) is 0 Å². The number of allylic oxidation sites excluding steroid dienone is 2. The van der Waals surface area contributed by atoms with Gasteiger partial charge in [-0.05, 0) is 77.2 Å². The summed E-state index contributed by atoms with van der Waals surface area (Å²) in [6.07, 6.45) is 8.03. The molecule has 1 fully saturated rings. The summed E-state index contributed by atoms with van der Waals surface area (Å²) in [5, 5.41) is 13.4. The Labute approximate surface area is 187 Å². The molecule has 1 aliphatic heterocycles. The normalized spacial score (nSPS) is 24.0. The first-order valence-corrected chi connectivity index (χ1v) is 12.3. The van der Waals surface area contributed by atoms with Crippen molar-refractivity contribution in [2.45, 2.75) is 71.6 Å². The summed E-state index contributed by atoms with van der Waals surface area (Å²) in [6.45, 7) is 5.46. The number of carbonyl (C=O) groups is 3. The van der Waals surface area contributed by atoms with Gasteiger partial charge in [-0.25, -0.2) is 0 Å². The van der Waals surface area contributed by atoms with E-state index in [0.29, 0.717) is 23.4 Å². The van der Waals surface area contributed by atoms with Crippen LogP contribution in [0.2, 0.25) is 0 Å². The summed E-state index contributed by atoms with van der Waals surface area (Å²) in [6, 6.07) is 0. The van der Waals surface area contributed by atoms with Gasteiger partial charge in [0, 0.05) is 18.0 Å². The number of rotatable bonds is 4. The summed E-state index contributed by atoms with van der Waals surface area (Å²) >= 11 is 1.52. The highest BCUT2D eigenvalue weighted by atomic mass is 32.1. The van der Waals surface area contributed by atoms with Crippen LogP contribution in [0.1, 0.15) is 79.6 Å². The van der Waals surface area contributed by atoms with Crippen molar-refractivity contribution >= 4 is 34.1 Å². The molecule has 2 heterocycles. The van der Waals surface area contributed by atoms with E-state index in [1.54, 1.807) is 0 Å². The number of likely N-dealkylation sites (tertiary alicyclic amines) is 1. The minimum absolute atomic E-state index is 0.0275. The molecule has 31 heavy (non-hydrogen) atoms. The van der Waals surface area contributed by atoms with Gasteiger partial charge >= 0.3 is 5.97 Å². The van der Waals surface area contributed by atoms with Gasteiger partial charge < -0.3 is 15.3 Å². The van der Waals surface area contributed by atoms with Crippen LogP contribution in [-0.4, -0.2) is 40.9 Å². The number of piperidine rings is 1. The first-order valence-electron chi connectivity index (χ1n) is 11.5. The molecular formula is C24H32N2O4S. The van der Waals surface area contributed by atoms with Crippen LogP contribution in [0.4, 0.5) is 5.00 Å². The van der Waals surface area contributed by atoms with Crippen molar-refractivity contribution in [1.29, 1.82) is 0 Å². The van der Waals surface area contributed by atoms with E-state index < -0.39 is 17.8 Å². The standard InChI is InChI=1S/C24H32N2O4S/c1-14-12-17(18(24(29)30)13-15(14)2)21(27)25-22-20(16-8-4-5-9-19(16)31-22)23(28)26-10-6-3-7-11-26/h17-18H,3-13H2,1-2H3,(H,25,27)(H,29,30)/t17-,18-/m1/s1. The number of nitrogens with zero attached hydrogens (tertiary/aromatic N) is 1. The third-order valence-corrected chi connectivity index (χ3v) is 8.39. The number of aliphatic carboxylic acids is 1. The van der Waals surface area contributed by atoms with E-state index in [2.05, 4.69) is 5.32 Å². The number of nitrogens with one attached hydrogen (secondary N) is 1. The van der Waals surface area contributed by atoms with Crippen LogP contribution in [0.25, 0.3) is 0 Å². The molecule has 3 aliphatic rings. The van der Waals surface area contributed by atoms with E-state index in [0.717, 1.165) is 74.7 Å². The fraction of sp³-hybridized carbons (Fsp3) is 0.625. The lowest BCUT2D eigenvalue weighted by molar-refractivity contribution is -0.146. The monoisotopic (exact) mass is 444 g/mol. The van der Waals surface area contributed by atoms with Gasteiger partial charge in [-0.15, -0.1) is 11.3 Å².